The van der Waals surface area contributed by atoms with Crippen molar-refractivity contribution in [1.82, 2.24) is 9.97 Å². The van der Waals surface area contributed by atoms with Crippen LogP contribution in [0.4, 0.5) is 17.3 Å². The zero-order valence-electron chi connectivity index (χ0n) is 12.5. The number of aromatic nitrogens is 2. The van der Waals surface area contributed by atoms with Gasteiger partial charge in [-0.3, -0.25) is 0 Å². The summed E-state index contributed by atoms with van der Waals surface area (Å²) in [5, 5.41) is 3.35. The molecule has 5 heteroatoms. The van der Waals surface area contributed by atoms with Gasteiger partial charge in [-0.25, -0.2) is 9.97 Å². The minimum Gasteiger partial charge on any atom is -0.381 e. The van der Waals surface area contributed by atoms with Gasteiger partial charge in [-0.05, 0) is 18.6 Å². The number of para-hydroxylation sites is 1. The largest absolute Gasteiger partial charge is 0.381 e. The second-order valence-corrected chi connectivity index (χ2v) is 5.87. The van der Waals surface area contributed by atoms with Crippen LogP contribution < -0.4 is 10.2 Å². The molecule has 3 heterocycles. The van der Waals surface area contributed by atoms with Gasteiger partial charge in [0.2, 0.25) is 5.95 Å². The third kappa shape index (κ3) is 2.64. The van der Waals surface area contributed by atoms with Crippen LogP contribution >= 0.6 is 0 Å². The fourth-order valence-electron chi connectivity index (χ4n) is 3.10. The van der Waals surface area contributed by atoms with E-state index in [-0.39, 0.29) is 0 Å². The van der Waals surface area contributed by atoms with E-state index in [0.29, 0.717) is 5.92 Å². The number of anilines is 3. The molecule has 1 saturated heterocycles. The summed E-state index contributed by atoms with van der Waals surface area (Å²) in [6.45, 7) is 3.58. The van der Waals surface area contributed by atoms with Crippen molar-refractivity contribution in [2.75, 3.05) is 36.5 Å². The van der Waals surface area contributed by atoms with Crippen LogP contribution in [0, 0.1) is 5.92 Å². The number of ether oxygens (including phenoxy) is 1. The number of nitrogens with zero attached hydrogens (tertiary/aromatic N) is 3. The Morgan fingerprint density at radius 3 is 3.00 bits per heavy atom. The van der Waals surface area contributed by atoms with Crippen molar-refractivity contribution in [1.29, 1.82) is 0 Å². The van der Waals surface area contributed by atoms with Crippen molar-refractivity contribution in [2.24, 2.45) is 5.92 Å². The van der Waals surface area contributed by atoms with Crippen LogP contribution in [0.1, 0.15) is 12.1 Å². The first kappa shape index (κ1) is 13.5. The molecule has 4 rings (SSSR count). The molecule has 1 aromatic carbocycles. The first-order chi connectivity index (χ1) is 10.9. The second kappa shape index (κ2) is 5.93. The number of hydrogen-bond acceptors (Lipinski definition) is 5. The highest BCUT2D eigenvalue weighted by molar-refractivity contribution is 5.68. The van der Waals surface area contributed by atoms with E-state index in [4.69, 9.17) is 4.74 Å². The van der Waals surface area contributed by atoms with Gasteiger partial charge in [0.05, 0.1) is 24.2 Å². The standard InChI is InChI=1S/C17H20N4O/c1-2-4-14(5-3-1)21-8-6-15-16(21)11-19-17(20-15)18-10-13-7-9-22-12-13/h1-5,11,13H,6-10,12H2,(H,18,19,20). The summed E-state index contributed by atoms with van der Waals surface area (Å²) < 4.78 is 5.40. The Kier molecular flexibility index (Phi) is 3.64. The minimum atomic E-state index is 0.581. The Morgan fingerprint density at radius 1 is 1.27 bits per heavy atom. The van der Waals surface area contributed by atoms with Gasteiger partial charge in [0, 0.05) is 37.7 Å². The number of fused-ring (bicyclic) bond motifs is 1. The van der Waals surface area contributed by atoms with Crippen LogP contribution in [0.3, 0.4) is 0 Å². The van der Waals surface area contributed by atoms with E-state index < -0.39 is 0 Å². The average molecular weight is 296 g/mol. The SMILES string of the molecule is c1ccc(N2CCc3nc(NCC4CCOC4)ncc32)cc1. The van der Waals surface area contributed by atoms with E-state index in [0.717, 1.165) is 56.5 Å². The lowest BCUT2D eigenvalue weighted by atomic mass is 10.1. The normalized spacial score (nSPS) is 20.2. The molecule has 2 aliphatic heterocycles. The predicted octanol–water partition coefficient (Wildman–Crippen LogP) is 2.62. The maximum atomic E-state index is 5.40. The Morgan fingerprint density at radius 2 is 2.18 bits per heavy atom. The molecule has 1 unspecified atom stereocenters. The van der Waals surface area contributed by atoms with Crippen molar-refractivity contribution in [3.63, 3.8) is 0 Å². The average Bonchev–Trinajstić information content (AvgIpc) is 3.23. The van der Waals surface area contributed by atoms with Gasteiger partial charge in [0.25, 0.3) is 0 Å². The summed E-state index contributed by atoms with van der Waals surface area (Å²) in [6, 6.07) is 10.4. The maximum Gasteiger partial charge on any atom is 0.223 e. The number of benzene rings is 1. The zero-order chi connectivity index (χ0) is 14.8. The molecule has 0 bridgehead atoms. The molecule has 0 amide bonds. The van der Waals surface area contributed by atoms with Crippen molar-refractivity contribution in [3.05, 3.63) is 42.2 Å². The summed E-state index contributed by atoms with van der Waals surface area (Å²) in [5.41, 5.74) is 3.46. The first-order valence-electron chi connectivity index (χ1n) is 7.90. The van der Waals surface area contributed by atoms with Crippen LogP contribution in [-0.2, 0) is 11.2 Å². The van der Waals surface area contributed by atoms with Gasteiger partial charge >= 0.3 is 0 Å². The molecule has 1 aromatic heterocycles. The predicted molar refractivity (Wildman–Crippen MR) is 86.6 cm³/mol. The summed E-state index contributed by atoms with van der Waals surface area (Å²) in [4.78, 5) is 11.4. The Balaban J connectivity index is 1.48. The van der Waals surface area contributed by atoms with Gasteiger partial charge in [0.1, 0.15) is 0 Å². The molecule has 1 atom stereocenters. The maximum absolute atomic E-state index is 5.40. The van der Waals surface area contributed by atoms with Gasteiger partial charge in [-0.1, -0.05) is 18.2 Å². The van der Waals surface area contributed by atoms with E-state index in [9.17, 15) is 0 Å². The van der Waals surface area contributed by atoms with Crippen molar-refractivity contribution in [2.45, 2.75) is 12.8 Å². The Labute approximate surface area is 130 Å². The second-order valence-electron chi connectivity index (χ2n) is 5.87. The molecule has 22 heavy (non-hydrogen) atoms. The molecule has 1 fully saturated rings. The third-order valence-corrected chi connectivity index (χ3v) is 4.35. The van der Waals surface area contributed by atoms with E-state index in [1.165, 1.54) is 5.69 Å². The molecule has 114 valence electrons. The molecule has 0 saturated carbocycles. The Bertz CT molecular complexity index is 640. The smallest absolute Gasteiger partial charge is 0.223 e. The lowest BCUT2D eigenvalue weighted by Crippen LogP contribution is -2.16. The molecule has 0 aliphatic carbocycles. The van der Waals surface area contributed by atoms with Crippen LogP contribution in [0.2, 0.25) is 0 Å². The minimum absolute atomic E-state index is 0.581. The lowest BCUT2D eigenvalue weighted by molar-refractivity contribution is 0.187. The van der Waals surface area contributed by atoms with Crippen LogP contribution in [-0.4, -0.2) is 36.3 Å². The van der Waals surface area contributed by atoms with E-state index in [1.54, 1.807) is 0 Å². The summed E-state index contributed by atoms with van der Waals surface area (Å²) >= 11 is 0. The highest BCUT2D eigenvalue weighted by Gasteiger charge is 2.23. The van der Waals surface area contributed by atoms with Gasteiger partial charge in [-0.15, -0.1) is 0 Å². The molecule has 2 aromatic rings. The van der Waals surface area contributed by atoms with E-state index >= 15 is 0 Å². The molecule has 1 N–H and O–H groups in total. The molecule has 0 spiro atoms. The highest BCUT2D eigenvalue weighted by atomic mass is 16.5. The van der Waals surface area contributed by atoms with E-state index in [1.807, 2.05) is 12.3 Å². The molecular weight excluding hydrogens is 276 g/mol. The van der Waals surface area contributed by atoms with Crippen LogP contribution in [0.25, 0.3) is 0 Å². The number of rotatable bonds is 4. The lowest BCUT2D eigenvalue weighted by Gasteiger charge is -2.18. The first-order valence-corrected chi connectivity index (χ1v) is 7.90. The summed E-state index contributed by atoms with van der Waals surface area (Å²) in [6.07, 6.45) is 4.03. The fourth-order valence-corrected chi connectivity index (χ4v) is 3.10. The van der Waals surface area contributed by atoms with E-state index in [2.05, 4.69) is 44.5 Å². The molecule has 5 nitrogen and oxygen atoms in total. The monoisotopic (exact) mass is 296 g/mol. The summed E-state index contributed by atoms with van der Waals surface area (Å²) in [5.74, 6) is 1.32. The van der Waals surface area contributed by atoms with Crippen LogP contribution in [0.15, 0.2) is 36.5 Å². The molecule has 2 aliphatic rings. The van der Waals surface area contributed by atoms with Crippen molar-refractivity contribution in [3.8, 4) is 0 Å². The van der Waals surface area contributed by atoms with Gasteiger partial charge < -0.3 is 15.0 Å². The highest BCUT2D eigenvalue weighted by Crippen LogP contribution is 2.33. The fraction of sp³-hybridized carbons (Fsp3) is 0.412. The number of hydrogen-bond donors (Lipinski definition) is 1. The van der Waals surface area contributed by atoms with Crippen molar-refractivity contribution < 1.29 is 4.74 Å². The summed E-state index contributed by atoms with van der Waals surface area (Å²) in [7, 11) is 0. The molecule has 0 radical (unpaired) electrons. The van der Waals surface area contributed by atoms with Crippen molar-refractivity contribution >= 4 is 17.3 Å². The zero-order valence-corrected chi connectivity index (χ0v) is 12.5. The number of nitrogens with one attached hydrogen (secondary N) is 1. The van der Waals surface area contributed by atoms with Crippen LogP contribution in [0.5, 0.6) is 0 Å². The topological polar surface area (TPSA) is 50.3 Å². The molecular formula is C17H20N4O. The van der Waals surface area contributed by atoms with Gasteiger partial charge in [0.15, 0.2) is 0 Å². The third-order valence-electron chi connectivity index (χ3n) is 4.35. The van der Waals surface area contributed by atoms with Gasteiger partial charge in [-0.2, -0.15) is 0 Å². The quantitative estimate of drug-likeness (QED) is 0.940. The Hall–Kier alpha value is -2.14.